The van der Waals surface area contributed by atoms with Crippen LogP contribution in [0.1, 0.15) is 47.0 Å². The van der Waals surface area contributed by atoms with E-state index >= 15 is 0 Å². The minimum atomic E-state index is -0.633. The second kappa shape index (κ2) is 6.00. The number of amides is 1. The SMILES string of the molecule is CCC(CC)(C(=O)N1CC(C)CC(C)C1)C(N)=S. The predicted octanol–water partition coefficient (Wildman–Crippen LogP) is 2.58. The van der Waals surface area contributed by atoms with Gasteiger partial charge in [0, 0.05) is 13.1 Å². The number of hydrogen-bond acceptors (Lipinski definition) is 2. The van der Waals surface area contributed by atoms with Crippen molar-refractivity contribution in [3.63, 3.8) is 0 Å². The topological polar surface area (TPSA) is 46.3 Å². The number of carbonyl (C=O) groups excluding carboxylic acids is 1. The Kier molecular flexibility index (Phi) is 5.14. The lowest BCUT2D eigenvalue weighted by molar-refractivity contribution is -0.141. The Balaban J connectivity index is 2.93. The molecule has 0 aromatic carbocycles. The van der Waals surface area contributed by atoms with Crippen LogP contribution in [0.15, 0.2) is 0 Å². The molecule has 0 radical (unpaired) electrons. The van der Waals surface area contributed by atoms with E-state index in [1.165, 1.54) is 6.42 Å². The van der Waals surface area contributed by atoms with Crippen LogP contribution in [-0.2, 0) is 4.79 Å². The molecule has 1 aliphatic rings. The van der Waals surface area contributed by atoms with Crippen LogP contribution in [0, 0.1) is 17.3 Å². The average Bonchev–Trinajstić information content (AvgIpc) is 2.29. The second-order valence-electron chi connectivity index (χ2n) is 5.81. The van der Waals surface area contributed by atoms with Gasteiger partial charge in [0.1, 0.15) is 0 Å². The first kappa shape index (κ1) is 15.4. The largest absolute Gasteiger partial charge is 0.392 e. The van der Waals surface area contributed by atoms with E-state index in [0.29, 0.717) is 29.7 Å². The van der Waals surface area contributed by atoms with Crippen LogP contribution in [0.3, 0.4) is 0 Å². The van der Waals surface area contributed by atoms with Crippen molar-refractivity contribution >= 4 is 23.1 Å². The predicted molar refractivity (Wildman–Crippen MR) is 79.3 cm³/mol. The normalized spacial score (nSPS) is 25.0. The van der Waals surface area contributed by atoms with Gasteiger partial charge < -0.3 is 10.6 Å². The van der Waals surface area contributed by atoms with E-state index in [4.69, 9.17) is 18.0 Å². The van der Waals surface area contributed by atoms with Gasteiger partial charge in [-0.15, -0.1) is 0 Å². The van der Waals surface area contributed by atoms with E-state index in [1.807, 2.05) is 18.7 Å². The Morgan fingerprint density at radius 2 is 1.72 bits per heavy atom. The molecule has 1 heterocycles. The zero-order valence-corrected chi connectivity index (χ0v) is 12.8. The first-order valence-corrected chi connectivity index (χ1v) is 7.37. The second-order valence-corrected chi connectivity index (χ2v) is 6.25. The highest BCUT2D eigenvalue weighted by atomic mass is 32.1. The van der Waals surface area contributed by atoms with E-state index in [9.17, 15) is 4.79 Å². The molecule has 4 heteroatoms. The number of rotatable bonds is 4. The molecular weight excluding hydrogens is 244 g/mol. The van der Waals surface area contributed by atoms with Gasteiger partial charge in [-0.3, -0.25) is 4.79 Å². The molecule has 1 fully saturated rings. The number of thiocarbonyl (C=S) groups is 1. The summed E-state index contributed by atoms with van der Waals surface area (Å²) in [6.45, 7) is 10.1. The Morgan fingerprint density at radius 3 is 2.06 bits per heavy atom. The highest BCUT2D eigenvalue weighted by Gasteiger charge is 2.42. The first-order chi connectivity index (χ1) is 8.37. The highest BCUT2D eigenvalue weighted by molar-refractivity contribution is 7.80. The maximum absolute atomic E-state index is 12.8. The Hall–Kier alpha value is -0.640. The third-order valence-electron chi connectivity index (χ3n) is 4.24. The summed E-state index contributed by atoms with van der Waals surface area (Å²) in [6.07, 6.45) is 2.58. The van der Waals surface area contributed by atoms with E-state index in [-0.39, 0.29) is 5.91 Å². The molecule has 1 rings (SSSR count). The molecule has 0 aromatic rings. The lowest BCUT2D eigenvalue weighted by Gasteiger charge is -2.41. The molecule has 0 bridgehead atoms. The van der Waals surface area contributed by atoms with Crippen molar-refractivity contribution in [3.05, 3.63) is 0 Å². The Morgan fingerprint density at radius 1 is 1.28 bits per heavy atom. The third-order valence-corrected chi connectivity index (χ3v) is 4.63. The average molecular weight is 270 g/mol. The van der Waals surface area contributed by atoms with Crippen LogP contribution in [0.4, 0.5) is 0 Å². The van der Waals surface area contributed by atoms with Crippen LogP contribution < -0.4 is 5.73 Å². The highest BCUT2D eigenvalue weighted by Crippen LogP contribution is 2.32. The summed E-state index contributed by atoms with van der Waals surface area (Å²) in [5, 5.41) is 0. The summed E-state index contributed by atoms with van der Waals surface area (Å²) in [4.78, 5) is 15.1. The third kappa shape index (κ3) is 2.85. The van der Waals surface area contributed by atoms with Crippen LogP contribution >= 0.6 is 12.2 Å². The zero-order valence-electron chi connectivity index (χ0n) is 12.0. The number of nitrogens with two attached hydrogens (primary N) is 1. The smallest absolute Gasteiger partial charge is 0.235 e. The molecule has 3 nitrogen and oxygen atoms in total. The maximum atomic E-state index is 12.8. The summed E-state index contributed by atoms with van der Waals surface area (Å²) in [6, 6.07) is 0. The number of hydrogen-bond donors (Lipinski definition) is 1. The fourth-order valence-electron chi connectivity index (χ4n) is 3.14. The summed E-state index contributed by atoms with van der Waals surface area (Å²) in [5.41, 5.74) is 5.22. The fourth-order valence-corrected chi connectivity index (χ4v) is 3.51. The summed E-state index contributed by atoms with van der Waals surface area (Å²) >= 11 is 5.16. The van der Waals surface area contributed by atoms with E-state index in [1.54, 1.807) is 0 Å². The fraction of sp³-hybridized carbons (Fsp3) is 0.857. The molecule has 1 amide bonds. The zero-order chi connectivity index (χ0) is 13.9. The number of piperidine rings is 1. The van der Waals surface area contributed by atoms with Crippen LogP contribution in [-0.4, -0.2) is 28.9 Å². The molecule has 0 saturated carbocycles. The van der Waals surface area contributed by atoms with E-state index < -0.39 is 5.41 Å². The van der Waals surface area contributed by atoms with Crippen molar-refractivity contribution in [1.29, 1.82) is 0 Å². The van der Waals surface area contributed by atoms with E-state index in [0.717, 1.165) is 13.1 Å². The van der Waals surface area contributed by atoms with Gasteiger partial charge in [-0.1, -0.05) is 39.9 Å². The number of nitrogens with zero attached hydrogens (tertiary/aromatic N) is 1. The van der Waals surface area contributed by atoms with Crippen LogP contribution in [0.2, 0.25) is 0 Å². The summed E-state index contributed by atoms with van der Waals surface area (Å²) < 4.78 is 0. The van der Waals surface area contributed by atoms with Gasteiger partial charge in [0.25, 0.3) is 0 Å². The van der Waals surface area contributed by atoms with Gasteiger partial charge in [0.15, 0.2) is 0 Å². The first-order valence-electron chi connectivity index (χ1n) is 6.96. The molecule has 2 N–H and O–H groups in total. The monoisotopic (exact) mass is 270 g/mol. The molecule has 104 valence electrons. The summed E-state index contributed by atoms with van der Waals surface area (Å²) in [7, 11) is 0. The van der Waals surface area contributed by atoms with Crippen molar-refractivity contribution in [2.24, 2.45) is 23.0 Å². The molecule has 2 unspecified atom stereocenters. The summed E-state index contributed by atoms with van der Waals surface area (Å²) in [5.74, 6) is 1.27. The molecule has 1 aliphatic heterocycles. The number of carbonyl (C=O) groups is 1. The van der Waals surface area contributed by atoms with Crippen molar-refractivity contribution in [2.45, 2.75) is 47.0 Å². The lowest BCUT2D eigenvalue weighted by atomic mass is 9.79. The molecule has 0 spiro atoms. The van der Waals surface area contributed by atoms with Crippen molar-refractivity contribution in [2.75, 3.05) is 13.1 Å². The molecule has 1 saturated heterocycles. The minimum absolute atomic E-state index is 0.137. The van der Waals surface area contributed by atoms with Gasteiger partial charge in [-0.05, 0) is 31.1 Å². The van der Waals surface area contributed by atoms with Gasteiger partial charge in [0.05, 0.1) is 10.4 Å². The molecule has 2 atom stereocenters. The minimum Gasteiger partial charge on any atom is -0.392 e. The van der Waals surface area contributed by atoms with Crippen LogP contribution in [0.5, 0.6) is 0 Å². The van der Waals surface area contributed by atoms with Crippen molar-refractivity contribution in [1.82, 2.24) is 4.90 Å². The van der Waals surface area contributed by atoms with Crippen LogP contribution in [0.25, 0.3) is 0 Å². The van der Waals surface area contributed by atoms with Gasteiger partial charge in [-0.2, -0.15) is 0 Å². The van der Waals surface area contributed by atoms with Gasteiger partial charge >= 0.3 is 0 Å². The van der Waals surface area contributed by atoms with Gasteiger partial charge in [-0.25, -0.2) is 0 Å². The van der Waals surface area contributed by atoms with Crippen molar-refractivity contribution < 1.29 is 4.79 Å². The molecule has 0 aliphatic carbocycles. The molecule has 18 heavy (non-hydrogen) atoms. The molecular formula is C14H26N2OS. The van der Waals surface area contributed by atoms with Crippen molar-refractivity contribution in [3.8, 4) is 0 Å². The Labute approximate surface area is 116 Å². The Bertz CT molecular complexity index is 316. The number of likely N-dealkylation sites (tertiary alicyclic amines) is 1. The standard InChI is InChI=1S/C14H26N2OS/c1-5-14(6-2,12(15)18)13(17)16-8-10(3)7-11(4)9-16/h10-11H,5-9H2,1-4H3,(H2,15,18). The quantitative estimate of drug-likeness (QED) is 0.799. The molecule has 0 aromatic heterocycles. The van der Waals surface area contributed by atoms with Gasteiger partial charge in [0.2, 0.25) is 5.91 Å². The lowest BCUT2D eigenvalue weighted by Crippen LogP contribution is -2.53. The maximum Gasteiger partial charge on any atom is 0.235 e. The van der Waals surface area contributed by atoms with E-state index in [2.05, 4.69) is 13.8 Å².